The van der Waals surface area contributed by atoms with Crippen LogP contribution in [-0.2, 0) is 13.9 Å². The lowest BCUT2D eigenvalue weighted by Gasteiger charge is -2.43. The molecule has 1 aliphatic heterocycles. The van der Waals surface area contributed by atoms with Crippen LogP contribution in [0.1, 0.15) is 41.0 Å². The number of rotatable bonds is 6. The van der Waals surface area contributed by atoms with E-state index in [-0.39, 0.29) is 11.1 Å². The summed E-state index contributed by atoms with van der Waals surface area (Å²) in [7, 11) is -2.44. The van der Waals surface area contributed by atoms with Gasteiger partial charge in [0.15, 0.2) is 5.79 Å². The summed E-state index contributed by atoms with van der Waals surface area (Å²) >= 11 is 0. The standard InChI is InChI=1S/C25H34O3Si/c1-24(2,3)29(20-12-8-6-9-13-20,21-14-10-7-11-15-21)27-17-19-16-22(19)23-18-26-25(4,5)28-23/h6-15,19,22-23H,16-18H2,1-5H3/t19-,22+,23+/m0/s1. The number of hydrogen-bond acceptors (Lipinski definition) is 3. The van der Waals surface area contributed by atoms with Gasteiger partial charge in [-0.2, -0.15) is 0 Å². The van der Waals surface area contributed by atoms with Crippen molar-refractivity contribution in [3.8, 4) is 0 Å². The van der Waals surface area contributed by atoms with Crippen LogP contribution < -0.4 is 10.4 Å². The van der Waals surface area contributed by atoms with Crippen molar-refractivity contribution < 1.29 is 13.9 Å². The SMILES string of the molecule is CC1(C)OC[C@H]([C@@H]2C[C@H]2CO[Si](c2ccccc2)(c2ccccc2)C(C)(C)C)O1. The summed E-state index contributed by atoms with van der Waals surface area (Å²) in [4.78, 5) is 0. The summed E-state index contributed by atoms with van der Waals surface area (Å²) in [5.41, 5.74) is 0. The fourth-order valence-corrected chi connectivity index (χ4v) is 9.46. The third-order valence-corrected chi connectivity index (χ3v) is 11.4. The Hall–Kier alpha value is -1.46. The highest BCUT2D eigenvalue weighted by Crippen LogP contribution is 2.47. The van der Waals surface area contributed by atoms with Gasteiger partial charge in [-0.05, 0) is 47.5 Å². The summed E-state index contributed by atoms with van der Waals surface area (Å²) in [6.45, 7) is 12.5. The minimum atomic E-state index is -2.44. The molecule has 2 aromatic rings. The zero-order chi connectivity index (χ0) is 20.7. The van der Waals surface area contributed by atoms with Crippen molar-refractivity contribution in [2.75, 3.05) is 13.2 Å². The Kier molecular flexibility index (Phi) is 5.49. The molecule has 0 amide bonds. The van der Waals surface area contributed by atoms with Gasteiger partial charge in [0.25, 0.3) is 8.32 Å². The van der Waals surface area contributed by atoms with Gasteiger partial charge in [-0.25, -0.2) is 0 Å². The zero-order valence-electron chi connectivity index (χ0n) is 18.4. The van der Waals surface area contributed by atoms with E-state index >= 15 is 0 Å². The van der Waals surface area contributed by atoms with Crippen LogP contribution >= 0.6 is 0 Å². The van der Waals surface area contributed by atoms with Crippen LogP contribution in [0.25, 0.3) is 0 Å². The smallest absolute Gasteiger partial charge is 0.261 e. The summed E-state index contributed by atoms with van der Waals surface area (Å²) in [6.07, 6.45) is 1.38. The molecule has 29 heavy (non-hydrogen) atoms. The maximum absolute atomic E-state index is 7.07. The molecule has 0 radical (unpaired) electrons. The monoisotopic (exact) mass is 410 g/mol. The summed E-state index contributed by atoms with van der Waals surface area (Å²) < 4.78 is 19.0. The Morgan fingerprint density at radius 3 is 1.97 bits per heavy atom. The Balaban J connectivity index is 1.59. The van der Waals surface area contributed by atoms with Crippen molar-refractivity contribution >= 4 is 18.7 Å². The van der Waals surface area contributed by atoms with E-state index in [2.05, 4.69) is 81.4 Å². The molecule has 2 fully saturated rings. The molecule has 4 rings (SSSR count). The minimum absolute atomic E-state index is 0.0229. The quantitative estimate of drug-likeness (QED) is 0.663. The van der Waals surface area contributed by atoms with E-state index in [0.29, 0.717) is 18.4 Å². The predicted molar refractivity (Wildman–Crippen MR) is 120 cm³/mol. The molecule has 3 nitrogen and oxygen atoms in total. The molecular weight excluding hydrogens is 376 g/mol. The molecule has 0 N–H and O–H groups in total. The van der Waals surface area contributed by atoms with E-state index in [9.17, 15) is 0 Å². The molecule has 4 heteroatoms. The van der Waals surface area contributed by atoms with Gasteiger partial charge in [0.05, 0.1) is 12.7 Å². The van der Waals surface area contributed by atoms with E-state index in [1.54, 1.807) is 0 Å². The van der Waals surface area contributed by atoms with E-state index in [0.717, 1.165) is 6.61 Å². The Morgan fingerprint density at radius 1 is 0.966 bits per heavy atom. The first-order valence-corrected chi connectivity index (χ1v) is 12.7. The van der Waals surface area contributed by atoms with Gasteiger partial charge in [0, 0.05) is 6.61 Å². The highest BCUT2D eigenvalue weighted by molar-refractivity contribution is 6.99. The molecule has 1 heterocycles. The first-order chi connectivity index (χ1) is 13.7. The first-order valence-electron chi connectivity index (χ1n) is 10.8. The molecule has 2 aliphatic rings. The molecule has 3 atom stereocenters. The van der Waals surface area contributed by atoms with Crippen LogP contribution in [-0.4, -0.2) is 33.4 Å². The van der Waals surface area contributed by atoms with Gasteiger partial charge in [-0.1, -0.05) is 81.4 Å². The van der Waals surface area contributed by atoms with Crippen molar-refractivity contribution in [1.82, 2.24) is 0 Å². The van der Waals surface area contributed by atoms with E-state index in [4.69, 9.17) is 13.9 Å². The normalized spacial score (nSPS) is 26.4. The maximum atomic E-state index is 7.07. The van der Waals surface area contributed by atoms with Crippen molar-refractivity contribution in [1.29, 1.82) is 0 Å². The van der Waals surface area contributed by atoms with Crippen molar-refractivity contribution in [2.24, 2.45) is 11.8 Å². The summed E-state index contributed by atoms with van der Waals surface area (Å²) in [6, 6.07) is 21.8. The molecule has 0 bridgehead atoms. The van der Waals surface area contributed by atoms with Crippen LogP contribution in [0.3, 0.4) is 0 Å². The van der Waals surface area contributed by atoms with Gasteiger partial charge < -0.3 is 13.9 Å². The number of ether oxygens (including phenoxy) is 2. The third-order valence-electron chi connectivity index (χ3n) is 6.42. The first kappa shape index (κ1) is 20.8. The average molecular weight is 411 g/mol. The maximum Gasteiger partial charge on any atom is 0.261 e. The second-order valence-electron chi connectivity index (χ2n) is 10.0. The minimum Gasteiger partial charge on any atom is -0.407 e. The highest BCUT2D eigenvalue weighted by atomic mass is 28.4. The lowest BCUT2D eigenvalue weighted by atomic mass is 10.2. The molecule has 1 saturated carbocycles. The zero-order valence-corrected chi connectivity index (χ0v) is 19.4. The van der Waals surface area contributed by atoms with Crippen molar-refractivity contribution in [3.63, 3.8) is 0 Å². The van der Waals surface area contributed by atoms with E-state index in [1.807, 2.05) is 13.8 Å². The average Bonchev–Trinajstić information content (AvgIpc) is 3.37. The molecule has 0 aromatic heterocycles. The van der Waals surface area contributed by atoms with E-state index < -0.39 is 14.1 Å². The second-order valence-corrected chi connectivity index (χ2v) is 14.3. The Morgan fingerprint density at radius 2 is 1.52 bits per heavy atom. The van der Waals surface area contributed by atoms with Crippen LogP contribution in [0.2, 0.25) is 5.04 Å². The van der Waals surface area contributed by atoms with Gasteiger partial charge in [0.2, 0.25) is 0 Å². The van der Waals surface area contributed by atoms with Gasteiger partial charge in [0.1, 0.15) is 0 Å². The molecule has 156 valence electrons. The lowest BCUT2D eigenvalue weighted by molar-refractivity contribution is -0.141. The number of hydrogen-bond donors (Lipinski definition) is 0. The van der Waals surface area contributed by atoms with E-state index in [1.165, 1.54) is 16.8 Å². The summed E-state index contributed by atoms with van der Waals surface area (Å²) in [5, 5.41) is 2.71. The Labute approximate surface area is 176 Å². The molecule has 2 aromatic carbocycles. The van der Waals surface area contributed by atoms with Gasteiger partial charge in [-0.3, -0.25) is 0 Å². The number of benzene rings is 2. The summed E-state index contributed by atoms with van der Waals surface area (Å²) in [5.74, 6) is 0.658. The molecule has 0 unspecified atom stereocenters. The fraction of sp³-hybridized carbons (Fsp3) is 0.520. The second kappa shape index (κ2) is 7.66. The van der Waals surface area contributed by atoms with Gasteiger partial charge in [-0.15, -0.1) is 0 Å². The third kappa shape index (κ3) is 4.09. The van der Waals surface area contributed by atoms with Crippen LogP contribution in [0.4, 0.5) is 0 Å². The molecule has 1 saturated heterocycles. The predicted octanol–water partition coefficient (Wildman–Crippen LogP) is 4.35. The van der Waals surface area contributed by atoms with Crippen LogP contribution in [0.5, 0.6) is 0 Å². The molecule has 0 spiro atoms. The fourth-order valence-electron chi connectivity index (χ4n) is 4.84. The van der Waals surface area contributed by atoms with Crippen LogP contribution in [0, 0.1) is 11.8 Å². The topological polar surface area (TPSA) is 27.7 Å². The molecule has 1 aliphatic carbocycles. The van der Waals surface area contributed by atoms with Crippen LogP contribution in [0.15, 0.2) is 60.7 Å². The van der Waals surface area contributed by atoms with Crippen molar-refractivity contribution in [2.45, 2.75) is 58.0 Å². The Bertz CT molecular complexity index is 773. The lowest BCUT2D eigenvalue weighted by Crippen LogP contribution is -2.66. The largest absolute Gasteiger partial charge is 0.407 e. The molecular formula is C25H34O3Si. The van der Waals surface area contributed by atoms with Gasteiger partial charge >= 0.3 is 0 Å². The van der Waals surface area contributed by atoms with Crippen molar-refractivity contribution in [3.05, 3.63) is 60.7 Å². The highest BCUT2D eigenvalue weighted by Gasteiger charge is 2.53.